The molecule has 0 spiro atoms. The molecule has 0 radical (unpaired) electrons. The summed E-state index contributed by atoms with van der Waals surface area (Å²) in [6.45, 7) is 5.68. The van der Waals surface area contributed by atoms with E-state index < -0.39 is 0 Å². The molecule has 164 valence electrons. The van der Waals surface area contributed by atoms with Crippen molar-refractivity contribution in [3.63, 3.8) is 0 Å². The van der Waals surface area contributed by atoms with Gasteiger partial charge in [-0.25, -0.2) is 9.97 Å². The van der Waals surface area contributed by atoms with Gasteiger partial charge < -0.3 is 15.4 Å². The predicted molar refractivity (Wildman–Crippen MR) is 129 cm³/mol. The number of amides is 1. The highest BCUT2D eigenvalue weighted by Crippen LogP contribution is 2.30. The third kappa shape index (κ3) is 5.43. The van der Waals surface area contributed by atoms with Crippen LogP contribution in [0.15, 0.2) is 61.1 Å². The molecule has 0 fully saturated rings. The van der Waals surface area contributed by atoms with E-state index in [0.717, 1.165) is 44.9 Å². The number of carbonyl (C=O) groups excluding carboxylic acids is 1. The molecule has 0 saturated heterocycles. The first-order chi connectivity index (χ1) is 16.0. The molecule has 7 heteroatoms. The fourth-order valence-corrected chi connectivity index (χ4v) is 3.22. The lowest BCUT2D eigenvalue weighted by Gasteiger charge is -2.13. The molecule has 0 aliphatic carbocycles. The minimum absolute atomic E-state index is 0.107. The topological polar surface area (TPSA) is 89.0 Å². The lowest BCUT2D eigenvalue weighted by atomic mass is 10.1. The molecule has 0 saturated carbocycles. The number of hydrogen-bond acceptors (Lipinski definition) is 6. The molecule has 7 nitrogen and oxygen atoms in total. The summed E-state index contributed by atoms with van der Waals surface area (Å²) < 4.78 is 6.04. The highest BCUT2D eigenvalue weighted by molar-refractivity contribution is 5.91. The van der Waals surface area contributed by atoms with Gasteiger partial charge in [0.1, 0.15) is 23.6 Å². The minimum atomic E-state index is -0.107. The van der Waals surface area contributed by atoms with Crippen molar-refractivity contribution in [2.24, 2.45) is 0 Å². The third-order valence-corrected chi connectivity index (χ3v) is 4.91. The molecule has 0 aliphatic heterocycles. The standard InChI is InChI=1S/C26H23N5O2/c1-17-14-21(9-11-24(17)33-25-7-5-12-27-18(25)2)31-26-22-15-20(6-4-13-28-19(3)32)8-10-23(22)29-16-30-26/h5,7-12,14-16H,13H2,1-3H3,(H,28,32)(H,29,30,31). The summed E-state index contributed by atoms with van der Waals surface area (Å²) in [6, 6.07) is 15.4. The zero-order valence-corrected chi connectivity index (χ0v) is 18.6. The van der Waals surface area contributed by atoms with Gasteiger partial charge in [-0.1, -0.05) is 11.8 Å². The average molecular weight is 438 g/mol. The van der Waals surface area contributed by atoms with Crippen LogP contribution in [0.2, 0.25) is 0 Å². The van der Waals surface area contributed by atoms with Gasteiger partial charge in [-0.05, 0) is 67.9 Å². The summed E-state index contributed by atoms with van der Waals surface area (Å²) in [5.41, 5.74) is 4.32. The van der Waals surface area contributed by atoms with E-state index in [1.165, 1.54) is 13.3 Å². The van der Waals surface area contributed by atoms with Crippen molar-refractivity contribution in [2.45, 2.75) is 20.8 Å². The summed E-state index contributed by atoms with van der Waals surface area (Å²) in [4.78, 5) is 24.0. The summed E-state index contributed by atoms with van der Waals surface area (Å²) in [7, 11) is 0. The monoisotopic (exact) mass is 437 g/mol. The van der Waals surface area contributed by atoms with Crippen LogP contribution in [0.3, 0.4) is 0 Å². The number of aryl methyl sites for hydroxylation is 2. The van der Waals surface area contributed by atoms with Crippen molar-refractivity contribution >= 4 is 28.3 Å². The van der Waals surface area contributed by atoms with Crippen LogP contribution in [0.1, 0.15) is 23.7 Å². The van der Waals surface area contributed by atoms with E-state index in [2.05, 4.69) is 37.4 Å². The Bertz CT molecular complexity index is 1390. The lowest BCUT2D eigenvalue weighted by molar-refractivity contribution is -0.118. The van der Waals surface area contributed by atoms with Gasteiger partial charge in [-0.15, -0.1) is 0 Å². The van der Waals surface area contributed by atoms with Gasteiger partial charge in [-0.3, -0.25) is 9.78 Å². The molecule has 0 unspecified atom stereocenters. The summed E-state index contributed by atoms with van der Waals surface area (Å²) in [6.07, 6.45) is 3.27. The quantitative estimate of drug-likeness (QED) is 0.441. The van der Waals surface area contributed by atoms with Crippen molar-refractivity contribution in [3.05, 3.63) is 77.9 Å². The number of anilines is 2. The number of aromatic nitrogens is 3. The van der Waals surface area contributed by atoms with E-state index in [4.69, 9.17) is 4.74 Å². The average Bonchev–Trinajstić information content (AvgIpc) is 2.80. The van der Waals surface area contributed by atoms with Crippen molar-refractivity contribution in [1.29, 1.82) is 0 Å². The van der Waals surface area contributed by atoms with Crippen molar-refractivity contribution in [1.82, 2.24) is 20.3 Å². The Kier molecular flexibility index (Phi) is 6.46. The minimum Gasteiger partial charge on any atom is -0.455 e. The van der Waals surface area contributed by atoms with E-state index in [0.29, 0.717) is 12.4 Å². The molecule has 1 amide bonds. The molecule has 4 rings (SSSR count). The zero-order valence-electron chi connectivity index (χ0n) is 18.6. The fraction of sp³-hybridized carbons (Fsp3) is 0.154. The first-order valence-electron chi connectivity index (χ1n) is 10.4. The molecule has 33 heavy (non-hydrogen) atoms. The maximum Gasteiger partial charge on any atom is 0.217 e. The zero-order chi connectivity index (χ0) is 23.2. The number of carbonyl (C=O) groups is 1. The molecule has 2 aromatic heterocycles. The highest BCUT2D eigenvalue weighted by atomic mass is 16.5. The largest absolute Gasteiger partial charge is 0.455 e. The summed E-state index contributed by atoms with van der Waals surface area (Å²) in [5.74, 6) is 8.07. The number of rotatable bonds is 5. The number of pyridine rings is 1. The van der Waals surface area contributed by atoms with Crippen molar-refractivity contribution in [2.75, 3.05) is 11.9 Å². The Morgan fingerprint density at radius 3 is 2.70 bits per heavy atom. The van der Waals surface area contributed by atoms with Gasteiger partial charge in [-0.2, -0.15) is 0 Å². The Hall–Kier alpha value is -4.44. The second-order valence-electron chi connectivity index (χ2n) is 7.46. The molecular formula is C26H23N5O2. The molecule has 4 aromatic rings. The number of fused-ring (bicyclic) bond motifs is 1. The molecule has 0 bridgehead atoms. The van der Waals surface area contributed by atoms with Crippen LogP contribution in [0.5, 0.6) is 11.5 Å². The SMILES string of the molecule is CC(=O)NCC#Cc1ccc2ncnc(Nc3ccc(Oc4cccnc4C)c(C)c3)c2c1. The number of benzene rings is 2. The molecule has 2 N–H and O–H groups in total. The summed E-state index contributed by atoms with van der Waals surface area (Å²) >= 11 is 0. The second-order valence-corrected chi connectivity index (χ2v) is 7.46. The Labute approximate surface area is 192 Å². The van der Waals surface area contributed by atoms with Crippen LogP contribution in [-0.4, -0.2) is 27.4 Å². The third-order valence-electron chi connectivity index (χ3n) is 4.91. The van der Waals surface area contributed by atoms with Crippen LogP contribution >= 0.6 is 0 Å². The number of ether oxygens (including phenoxy) is 1. The van der Waals surface area contributed by atoms with Gasteiger partial charge in [0.2, 0.25) is 5.91 Å². The van der Waals surface area contributed by atoms with E-state index in [-0.39, 0.29) is 5.91 Å². The first kappa shape index (κ1) is 21.8. The summed E-state index contributed by atoms with van der Waals surface area (Å²) in [5, 5.41) is 6.89. The molecule has 2 aromatic carbocycles. The Morgan fingerprint density at radius 1 is 1.03 bits per heavy atom. The Morgan fingerprint density at radius 2 is 1.91 bits per heavy atom. The van der Waals surface area contributed by atoms with Crippen LogP contribution < -0.4 is 15.4 Å². The van der Waals surface area contributed by atoms with Crippen LogP contribution in [-0.2, 0) is 4.79 Å². The van der Waals surface area contributed by atoms with E-state index >= 15 is 0 Å². The molecule has 0 aliphatic rings. The molecular weight excluding hydrogens is 414 g/mol. The van der Waals surface area contributed by atoms with Crippen LogP contribution in [0, 0.1) is 25.7 Å². The molecule has 0 atom stereocenters. The number of hydrogen-bond donors (Lipinski definition) is 2. The fourth-order valence-electron chi connectivity index (χ4n) is 3.22. The highest BCUT2D eigenvalue weighted by Gasteiger charge is 2.08. The lowest BCUT2D eigenvalue weighted by Crippen LogP contribution is -2.19. The molecule has 2 heterocycles. The predicted octanol–water partition coefficient (Wildman–Crippen LogP) is 4.67. The van der Waals surface area contributed by atoms with Gasteiger partial charge in [0, 0.05) is 29.8 Å². The van der Waals surface area contributed by atoms with Gasteiger partial charge >= 0.3 is 0 Å². The maximum absolute atomic E-state index is 11.0. The van der Waals surface area contributed by atoms with E-state index in [1.54, 1.807) is 6.20 Å². The van der Waals surface area contributed by atoms with Crippen LogP contribution in [0.25, 0.3) is 10.9 Å². The van der Waals surface area contributed by atoms with E-state index in [9.17, 15) is 4.79 Å². The van der Waals surface area contributed by atoms with Gasteiger partial charge in [0.25, 0.3) is 0 Å². The van der Waals surface area contributed by atoms with Gasteiger partial charge in [0.15, 0.2) is 0 Å². The first-order valence-corrected chi connectivity index (χ1v) is 10.4. The Balaban J connectivity index is 1.56. The van der Waals surface area contributed by atoms with Gasteiger partial charge in [0.05, 0.1) is 17.8 Å². The van der Waals surface area contributed by atoms with Crippen molar-refractivity contribution in [3.8, 4) is 23.3 Å². The second kappa shape index (κ2) is 9.79. The van der Waals surface area contributed by atoms with Crippen LogP contribution in [0.4, 0.5) is 11.5 Å². The maximum atomic E-state index is 11.0. The number of nitrogens with one attached hydrogen (secondary N) is 2. The smallest absolute Gasteiger partial charge is 0.217 e. The number of nitrogens with zero attached hydrogens (tertiary/aromatic N) is 3. The normalized spacial score (nSPS) is 10.3. The van der Waals surface area contributed by atoms with Crippen molar-refractivity contribution < 1.29 is 9.53 Å². The van der Waals surface area contributed by atoms with E-state index in [1.807, 2.05) is 62.4 Å².